The fraction of sp³-hybridized carbons (Fsp3) is 0.143. The van der Waals surface area contributed by atoms with Gasteiger partial charge in [-0.25, -0.2) is 4.68 Å². The number of aryl methyl sites for hydroxylation is 2. The zero-order valence-electron chi connectivity index (χ0n) is 10.4. The van der Waals surface area contributed by atoms with Gasteiger partial charge in [0.15, 0.2) is 0 Å². The maximum atomic E-state index is 5.78. The highest BCUT2D eigenvalue weighted by molar-refractivity contribution is 5.89. The molecular formula is C14H14N4. The Bertz CT molecular complexity index is 728. The van der Waals surface area contributed by atoms with Crippen LogP contribution in [0.5, 0.6) is 0 Å². The highest BCUT2D eigenvalue weighted by Crippen LogP contribution is 2.23. The first-order valence-electron chi connectivity index (χ1n) is 5.83. The number of benzene rings is 1. The van der Waals surface area contributed by atoms with E-state index in [2.05, 4.69) is 16.1 Å². The molecule has 0 amide bonds. The number of nitrogens with zero attached hydrogens (tertiary/aromatic N) is 3. The zero-order valence-corrected chi connectivity index (χ0v) is 10.4. The van der Waals surface area contributed by atoms with Crippen LogP contribution in [0.25, 0.3) is 16.6 Å². The van der Waals surface area contributed by atoms with E-state index in [0.29, 0.717) is 0 Å². The smallest absolute Gasteiger partial charge is 0.0758 e. The van der Waals surface area contributed by atoms with Crippen molar-refractivity contribution < 1.29 is 0 Å². The van der Waals surface area contributed by atoms with Gasteiger partial charge in [-0.05, 0) is 44.2 Å². The Hall–Kier alpha value is -2.36. The van der Waals surface area contributed by atoms with Gasteiger partial charge in [0.25, 0.3) is 0 Å². The van der Waals surface area contributed by atoms with E-state index in [-0.39, 0.29) is 0 Å². The summed E-state index contributed by atoms with van der Waals surface area (Å²) in [6.45, 7) is 4.04. The summed E-state index contributed by atoms with van der Waals surface area (Å²) in [5, 5.41) is 5.56. The molecule has 0 aliphatic rings. The maximum Gasteiger partial charge on any atom is 0.0758 e. The summed E-state index contributed by atoms with van der Waals surface area (Å²) in [5.41, 5.74) is 10.5. The predicted molar refractivity (Wildman–Crippen MR) is 72.8 cm³/mol. The van der Waals surface area contributed by atoms with Crippen molar-refractivity contribution in [3.8, 4) is 5.69 Å². The Kier molecular flexibility index (Phi) is 2.30. The van der Waals surface area contributed by atoms with Crippen LogP contribution in [0.2, 0.25) is 0 Å². The topological polar surface area (TPSA) is 56.7 Å². The molecule has 4 nitrogen and oxygen atoms in total. The molecule has 0 spiro atoms. The molecule has 0 aliphatic carbocycles. The molecule has 0 radical (unpaired) electrons. The van der Waals surface area contributed by atoms with Crippen molar-refractivity contribution in [1.82, 2.24) is 14.8 Å². The second kappa shape index (κ2) is 3.84. The zero-order chi connectivity index (χ0) is 12.7. The normalized spacial score (nSPS) is 11.0. The van der Waals surface area contributed by atoms with Crippen molar-refractivity contribution in [2.45, 2.75) is 13.8 Å². The molecule has 2 heterocycles. The average Bonchev–Trinajstić information content (AvgIpc) is 2.67. The third kappa shape index (κ3) is 1.62. The number of aromatic nitrogens is 3. The lowest BCUT2D eigenvalue weighted by molar-refractivity contribution is 0.838. The quantitative estimate of drug-likeness (QED) is 0.663. The van der Waals surface area contributed by atoms with Crippen molar-refractivity contribution >= 4 is 16.6 Å². The summed E-state index contributed by atoms with van der Waals surface area (Å²) in [5.74, 6) is 0. The van der Waals surface area contributed by atoms with Gasteiger partial charge in [0.1, 0.15) is 0 Å². The van der Waals surface area contributed by atoms with Gasteiger partial charge in [-0.2, -0.15) is 5.10 Å². The molecular weight excluding hydrogens is 224 g/mol. The lowest BCUT2D eigenvalue weighted by atomic mass is 10.1. The first kappa shape index (κ1) is 10.8. The molecule has 0 saturated heterocycles. The fourth-order valence-corrected chi connectivity index (χ4v) is 2.21. The molecule has 0 unspecified atom stereocenters. The molecule has 0 saturated carbocycles. The van der Waals surface area contributed by atoms with Crippen LogP contribution in [-0.2, 0) is 0 Å². The molecule has 0 atom stereocenters. The number of fused-ring (bicyclic) bond motifs is 1. The van der Waals surface area contributed by atoms with Crippen LogP contribution in [0.4, 0.5) is 5.69 Å². The molecule has 3 rings (SSSR count). The number of pyridine rings is 1. The highest BCUT2D eigenvalue weighted by Gasteiger charge is 2.08. The first-order chi connectivity index (χ1) is 8.65. The van der Waals surface area contributed by atoms with Crippen LogP contribution < -0.4 is 5.73 Å². The third-order valence-corrected chi connectivity index (χ3v) is 2.98. The average molecular weight is 238 g/mol. The van der Waals surface area contributed by atoms with E-state index in [9.17, 15) is 0 Å². The van der Waals surface area contributed by atoms with Crippen LogP contribution in [0, 0.1) is 13.8 Å². The SMILES string of the molecule is Cc1cc(C)n(-c2ccnc3cc(N)ccc23)n1. The molecule has 3 aromatic rings. The van der Waals surface area contributed by atoms with Gasteiger partial charge >= 0.3 is 0 Å². The van der Waals surface area contributed by atoms with Crippen LogP contribution in [0.1, 0.15) is 11.4 Å². The minimum Gasteiger partial charge on any atom is -0.399 e. The maximum absolute atomic E-state index is 5.78. The molecule has 90 valence electrons. The van der Waals surface area contributed by atoms with Gasteiger partial charge in [0, 0.05) is 23.0 Å². The summed E-state index contributed by atoms with van der Waals surface area (Å²) in [6.07, 6.45) is 1.79. The summed E-state index contributed by atoms with van der Waals surface area (Å²) < 4.78 is 1.94. The number of anilines is 1. The molecule has 2 N–H and O–H groups in total. The fourth-order valence-electron chi connectivity index (χ4n) is 2.21. The number of rotatable bonds is 1. The molecule has 2 aromatic heterocycles. The van der Waals surface area contributed by atoms with Gasteiger partial charge in [-0.15, -0.1) is 0 Å². The lowest BCUT2D eigenvalue weighted by Gasteiger charge is -2.08. The summed E-state index contributed by atoms with van der Waals surface area (Å²) in [6, 6.07) is 9.79. The van der Waals surface area contributed by atoms with Gasteiger partial charge in [0.05, 0.1) is 16.9 Å². The second-order valence-electron chi connectivity index (χ2n) is 4.45. The van der Waals surface area contributed by atoms with Gasteiger partial charge in [-0.3, -0.25) is 4.98 Å². The molecule has 4 heteroatoms. The Morgan fingerprint density at radius 2 is 1.94 bits per heavy atom. The Labute approximate surface area is 105 Å². The predicted octanol–water partition coefficient (Wildman–Crippen LogP) is 2.62. The van der Waals surface area contributed by atoms with Gasteiger partial charge in [-0.1, -0.05) is 0 Å². The third-order valence-electron chi connectivity index (χ3n) is 2.98. The van der Waals surface area contributed by atoms with Gasteiger partial charge in [0.2, 0.25) is 0 Å². The van der Waals surface area contributed by atoms with Crippen molar-refractivity contribution in [2.24, 2.45) is 0 Å². The van der Waals surface area contributed by atoms with Crippen LogP contribution >= 0.6 is 0 Å². The van der Waals surface area contributed by atoms with E-state index in [0.717, 1.165) is 33.7 Å². The van der Waals surface area contributed by atoms with E-state index in [1.807, 2.05) is 42.8 Å². The number of nitrogen functional groups attached to an aromatic ring is 1. The van der Waals surface area contributed by atoms with E-state index in [1.54, 1.807) is 6.20 Å². The van der Waals surface area contributed by atoms with Crippen molar-refractivity contribution in [2.75, 3.05) is 5.73 Å². The lowest BCUT2D eigenvalue weighted by Crippen LogP contribution is -2.00. The van der Waals surface area contributed by atoms with E-state index < -0.39 is 0 Å². The highest BCUT2D eigenvalue weighted by atomic mass is 15.3. The molecule has 18 heavy (non-hydrogen) atoms. The van der Waals surface area contributed by atoms with Crippen molar-refractivity contribution in [1.29, 1.82) is 0 Å². The van der Waals surface area contributed by atoms with E-state index in [4.69, 9.17) is 5.73 Å². The molecule has 0 aliphatic heterocycles. The van der Waals surface area contributed by atoms with Gasteiger partial charge < -0.3 is 5.73 Å². The van der Waals surface area contributed by atoms with E-state index in [1.165, 1.54) is 0 Å². The summed E-state index contributed by atoms with van der Waals surface area (Å²) in [4.78, 5) is 4.34. The van der Waals surface area contributed by atoms with Crippen molar-refractivity contribution in [3.05, 3.63) is 47.9 Å². The second-order valence-corrected chi connectivity index (χ2v) is 4.45. The molecule has 0 bridgehead atoms. The van der Waals surface area contributed by atoms with Crippen LogP contribution in [0.3, 0.4) is 0 Å². The summed E-state index contributed by atoms with van der Waals surface area (Å²) in [7, 11) is 0. The number of hydrogen-bond donors (Lipinski definition) is 1. The van der Waals surface area contributed by atoms with E-state index >= 15 is 0 Å². The molecule has 1 aromatic carbocycles. The minimum absolute atomic E-state index is 0.723. The Balaban J connectivity index is 2.32. The Morgan fingerprint density at radius 3 is 2.67 bits per heavy atom. The standard InChI is InChI=1S/C14H14N4/c1-9-7-10(2)18(17-9)14-5-6-16-13-8-11(15)3-4-12(13)14/h3-8H,15H2,1-2H3. The van der Waals surface area contributed by atoms with Crippen LogP contribution in [-0.4, -0.2) is 14.8 Å². The monoisotopic (exact) mass is 238 g/mol. The first-order valence-corrected chi connectivity index (χ1v) is 5.83. The number of nitrogens with two attached hydrogens (primary N) is 1. The van der Waals surface area contributed by atoms with Crippen LogP contribution in [0.15, 0.2) is 36.5 Å². The summed E-state index contributed by atoms with van der Waals surface area (Å²) >= 11 is 0. The number of hydrogen-bond acceptors (Lipinski definition) is 3. The minimum atomic E-state index is 0.723. The van der Waals surface area contributed by atoms with Crippen molar-refractivity contribution in [3.63, 3.8) is 0 Å². The largest absolute Gasteiger partial charge is 0.399 e. The Morgan fingerprint density at radius 1 is 1.11 bits per heavy atom. The molecule has 0 fully saturated rings.